The monoisotopic (exact) mass is 361 g/mol. The van der Waals surface area contributed by atoms with Crippen molar-refractivity contribution in [3.8, 4) is 0 Å². The summed E-state index contributed by atoms with van der Waals surface area (Å²) in [6.45, 7) is 5.55. The molecule has 116 valence electrons. The number of aromatic nitrogens is 2. The van der Waals surface area contributed by atoms with Crippen molar-refractivity contribution < 1.29 is 18.4 Å². The highest BCUT2D eigenvalue weighted by molar-refractivity contribution is 9.09. The summed E-state index contributed by atoms with van der Waals surface area (Å²) in [4.78, 5) is 25.4. The van der Waals surface area contributed by atoms with E-state index in [4.69, 9.17) is 4.42 Å². The fourth-order valence-corrected chi connectivity index (χ4v) is 2.48. The second-order valence-corrected chi connectivity index (χ2v) is 6.62. The third kappa shape index (κ3) is 3.30. The molecule has 1 fully saturated rings. The van der Waals surface area contributed by atoms with Crippen molar-refractivity contribution in [3.05, 3.63) is 11.8 Å². The molecule has 0 aromatic carbocycles. The summed E-state index contributed by atoms with van der Waals surface area (Å²) in [5.41, 5.74) is -0.380. The lowest BCUT2D eigenvalue weighted by atomic mass is 9.97. The Labute approximate surface area is 130 Å². The highest BCUT2D eigenvalue weighted by Gasteiger charge is 2.41. The Kier molecular flexibility index (Phi) is 4.46. The Morgan fingerprint density at radius 3 is 2.62 bits per heavy atom. The topological polar surface area (TPSA) is 76.3 Å². The van der Waals surface area contributed by atoms with Crippen LogP contribution in [0.15, 0.2) is 4.42 Å². The van der Waals surface area contributed by atoms with Gasteiger partial charge in [-0.1, -0.05) is 36.7 Å². The fraction of sp³-hybridized carbons (Fsp3) is 0.692. The Hall–Kier alpha value is -1.31. The van der Waals surface area contributed by atoms with Gasteiger partial charge in [-0.25, -0.2) is 4.39 Å². The van der Waals surface area contributed by atoms with Crippen LogP contribution in [-0.2, 0) is 10.2 Å². The smallest absolute Gasteiger partial charge is 0.286 e. The maximum absolute atomic E-state index is 13.6. The highest BCUT2D eigenvalue weighted by Crippen LogP contribution is 2.26. The normalized spacial score (nSPS) is 22.6. The van der Waals surface area contributed by atoms with E-state index in [1.807, 2.05) is 20.8 Å². The molecular weight excluding hydrogens is 345 g/mol. The fourth-order valence-electron chi connectivity index (χ4n) is 2.15. The number of halogens is 2. The van der Waals surface area contributed by atoms with Crippen LogP contribution in [0.2, 0.25) is 0 Å². The molecule has 0 bridgehead atoms. The molecule has 21 heavy (non-hydrogen) atoms. The van der Waals surface area contributed by atoms with E-state index in [2.05, 4.69) is 26.1 Å². The van der Waals surface area contributed by atoms with Crippen LogP contribution in [0.25, 0.3) is 0 Å². The summed E-state index contributed by atoms with van der Waals surface area (Å²) < 4.78 is 18.9. The maximum Gasteiger partial charge on any atom is 0.286 e. The first kappa shape index (κ1) is 16.1. The number of hydrogen-bond donors (Lipinski definition) is 0. The number of alkyl halides is 2. The summed E-state index contributed by atoms with van der Waals surface area (Å²) in [5, 5.41) is 7.62. The van der Waals surface area contributed by atoms with Crippen molar-refractivity contribution in [3.63, 3.8) is 0 Å². The number of nitrogens with zero attached hydrogens (tertiary/aromatic N) is 3. The van der Waals surface area contributed by atoms with E-state index in [-0.39, 0.29) is 35.5 Å². The SMILES string of the molecule is CC(C)(C)c1nnc(C(=O)[C@@H]2C[C@H](F)CN2C(=O)CBr)o1. The first-order valence-corrected chi connectivity index (χ1v) is 7.74. The van der Waals surface area contributed by atoms with Crippen molar-refractivity contribution in [2.45, 2.75) is 44.8 Å². The molecule has 2 atom stereocenters. The first-order chi connectivity index (χ1) is 9.74. The lowest BCUT2D eigenvalue weighted by Gasteiger charge is -2.21. The van der Waals surface area contributed by atoms with Gasteiger partial charge in [0.05, 0.1) is 11.9 Å². The second-order valence-electron chi connectivity index (χ2n) is 6.06. The number of likely N-dealkylation sites (tertiary alicyclic amines) is 1. The van der Waals surface area contributed by atoms with Crippen LogP contribution in [0.3, 0.4) is 0 Å². The van der Waals surface area contributed by atoms with Crippen molar-refractivity contribution >= 4 is 27.6 Å². The molecule has 0 saturated carbocycles. The minimum atomic E-state index is -1.22. The Morgan fingerprint density at radius 2 is 2.10 bits per heavy atom. The van der Waals surface area contributed by atoms with Gasteiger partial charge < -0.3 is 9.32 Å². The number of rotatable bonds is 3. The predicted molar refractivity (Wildman–Crippen MR) is 76.1 cm³/mol. The van der Waals surface area contributed by atoms with Crippen LogP contribution in [-0.4, -0.2) is 50.9 Å². The standard InChI is InChI=1S/C13H17BrFN3O3/c1-13(2,3)12-17-16-11(21-12)10(20)8-4-7(15)6-18(8)9(19)5-14/h7-8H,4-6H2,1-3H3/t7-,8-/m0/s1. The zero-order valence-corrected chi connectivity index (χ0v) is 13.7. The van der Waals surface area contributed by atoms with Gasteiger partial charge in [-0.3, -0.25) is 9.59 Å². The molecule has 0 unspecified atom stereocenters. The van der Waals surface area contributed by atoms with Gasteiger partial charge in [0.15, 0.2) is 0 Å². The van der Waals surface area contributed by atoms with Gasteiger partial charge in [0.25, 0.3) is 5.89 Å². The van der Waals surface area contributed by atoms with Crippen molar-refractivity contribution in [2.75, 3.05) is 11.9 Å². The first-order valence-electron chi connectivity index (χ1n) is 6.61. The molecule has 1 aromatic rings. The van der Waals surface area contributed by atoms with E-state index >= 15 is 0 Å². The van der Waals surface area contributed by atoms with E-state index in [0.29, 0.717) is 5.89 Å². The minimum Gasteiger partial charge on any atom is -0.418 e. The molecule has 1 aliphatic heterocycles. The third-order valence-electron chi connectivity index (χ3n) is 3.26. The molecule has 1 aromatic heterocycles. The zero-order chi connectivity index (χ0) is 15.8. The number of hydrogen-bond acceptors (Lipinski definition) is 5. The molecular formula is C13H17BrFN3O3. The summed E-state index contributed by atoms with van der Waals surface area (Å²) >= 11 is 3.03. The summed E-state index contributed by atoms with van der Waals surface area (Å²) in [6.07, 6.45) is -1.25. The van der Waals surface area contributed by atoms with Gasteiger partial charge >= 0.3 is 0 Å². The van der Waals surface area contributed by atoms with Crippen molar-refractivity contribution in [1.82, 2.24) is 15.1 Å². The van der Waals surface area contributed by atoms with E-state index in [0.717, 1.165) is 0 Å². The van der Waals surface area contributed by atoms with E-state index < -0.39 is 18.0 Å². The maximum atomic E-state index is 13.6. The van der Waals surface area contributed by atoms with E-state index in [9.17, 15) is 14.0 Å². The van der Waals surface area contributed by atoms with E-state index in [1.165, 1.54) is 4.90 Å². The van der Waals surface area contributed by atoms with Crippen LogP contribution >= 0.6 is 15.9 Å². The van der Waals surface area contributed by atoms with Crippen molar-refractivity contribution in [2.24, 2.45) is 0 Å². The molecule has 1 saturated heterocycles. The van der Waals surface area contributed by atoms with Crippen LogP contribution in [0, 0.1) is 0 Å². The number of Topliss-reactive ketones (excluding diaryl/α,β-unsaturated/α-hetero) is 1. The molecule has 0 aliphatic carbocycles. The summed E-state index contributed by atoms with van der Waals surface area (Å²) in [5.74, 6) is -0.679. The van der Waals surface area contributed by atoms with Gasteiger partial charge in [-0.2, -0.15) is 0 Å². The molecule has 1 amide bonds. The number of ketones is 1. The largest absolute Gasteiger partial charge is 0.418 e. The minimum absolute atomic E-state index is 0.0369. The Bertz CT molecular complexity index is 555. The Balaban J connectivity index is 2.22. The van der Waals surface area contributed by atoms with Crippen LogP contribution in [0.4, 0.5) is 4.39 Å². The Morgan fingerprint density at radius 1 is 1.43 bits per heavy atom. The van der Waals surface area contributed by atoms with Gasteiger partial charge in [0.1, 0.15) is 12.2 Å². The zero-order valence-electron chi connectivity index (χ0n) is 12.1. The number of amides is 1. The quantitative estimate of drug-likeness (QED) is 0.606. The lowest BCUT2D eigenvalue weighted by molar-refractivity contribution is -0.128. The molecule has 0 radical (unpaired) electrons. The van der Waals surface area contributed by atoms with Crippen LogP contribution in [0.5, 0.6) is 0 Å². The highest BCUT2D eigenvalue weighted by atomic mass is 79.9. The number of carbonyl (C=O) groups is 2. The van der Waals surface area contributed by atoms with Crippen molar-refractivity contribution in [1.29, 1.82) is 0 Å². The van der Waals surface area contributed by atoms with E-state index in [1.54, 1.807) is 0 Å². The number of carbonyl (C=O) groups excluding carboxylic acids is 2. The summed E-state index contributed by atoms with van der Waals surface area (Å²) in [6, 6.07) is -0.877. The average Bonchev–Trinajstić information content (AvgIpc) is 3.02. The average molecular weight is 362 g/mol. The summed E-state index contributed by atoms with van der Waals surface area (Å²) in [7, 11) is 0. The van der Waals surface area contributed by atoms with Crippen LogP contribution in [0.1, 0.15) is 43.8 Å². The molecule has 2 heterocycles. The van der Waals surface area contributed by atoms with Crippen LogP contribution < -0.4 is 0 Å². The molecule has 8 heteroatoms. The van der Waals surface area contributed by atoms with Gasteiger partial charge in [-0.15, -0.1) is 10.2 Å². The van der Waals surface area contributed by atoms with Gasteiger partial charge in [-0.05, 0) is 0 Å². The van der Waals surface area contributed by atoms with Gasteiger partial charge in [0, 0.05) is 11.8 Å². The molecule has 0 N–H and O–H groups in total. The predicted octanol–water partition coefficient (Wildman–Crippen LogP) is 1.88. The van der Waals surface area contributed by atoms with Gasteiger partial charge in [0.2, 0.25) is 17.6 Å². The molecule has 6 nitrogen and oxygen atoms in total. The molecule has 2 rings (SSSR count). The molecule has 1 aliphatic rings. The lowest BCUT2D eigenvalue weighted by Crippen LogP contribution is -2.41. The third-order valence-corrected chi connectivity index (χ3v) is 3.74. The molecule has 0 spiro atoms. The second kappa shape index (κ2) is 5.82.